The van der Waals surface area contributed by atoms with Crippen LogP contribution in [-0.4, -0.2) is 33.9 Å². The summed E-state index contributed by atoms with van der Waals surface area (Å²) in [6, 6.07) is 14.6. The maximum absolute atomic E-state index is 12.6. The van der Waals surface area contributed by atoms with Crippen molar-refractivity contribution in [3.05, 3.63) is 74.8 Å². The van der Waals surface area contributed by atoms with Crippen LogP contribution >= 0.6 is 0 Å². The standard InChI is InChI=1S/C21H21N5O4/c1-14-5-3-4-6-17(14)22-18(27)13-26-20(29)19(28)25-12-11-24(21(25)23-26)15-7-9-16(30-2)10-8-15/h3-10H,11-13H2,1-2H3,(H,22,27). The van der Waals surface area contributed by atoms with Gasteiger partial charge in [-0.1, -0.05) is 18.2 Å². The van der Waals surface area contributed by atoms with Crippen LogP contribution in [0.1, 0.15) is 5.56 Å². The lowest BCUT2D eigenvalue weighted by molar-refractivity contribution is -0.117. The second kappa shape index (κ2) is 7.86. The third-order valence-corrected chi connectivity index (χ3v) is 5.00. The monoisotopic (exact) mass is 407 g/mol. The molecular formula is C21H21N5O4. The van der Waals surface area contributed by atoms with E-state index in [-0.39, 0.29) is 6.54 Å². The van der Waals surface area contributed by atoms with Crippen LogP contribution < -0.4 is 26.1 Å². The number of aryl methyl sites for hydroxylation is 1. The van der Waals surface area contributed by atoms with Crippen LogP contribution in [0.5, 0.6) is 5.75 Å². The molecule has 1 aromatic heterocycles. The van der Waals surface area contributed by atoms with Crippen molar-refractivity contribution in [1.29, 1.82) is 0 Å². The Morgan fingerprint density at radius 2 is 1.80 bits per heavy atom. The van der Waals surface area contributed by atoms with E-state index in [1.54, 1.807) is 13.2 Å². The summed E-state index contributed by atoms with van der Waals surface area (Å²) >= 11 is 0. The summed E-state index contributed by atoms with van der Waals surface area (Å²) in [6.45, 7) is 2.35. The Balaban J connectivity index is 1.63. The van der Waals surface area contributed by atoms with E-state index in [0.717, 1.165) is 15.9 Å². The second-order valence-electron chi connectivity index (χ2n) is 6.93. The Bertz CT molecular complexity index is 1210. The number of benzene rings is 2. The van der Waals surface area contributed by atoms with Gasteiger partial charge in [-0.2, -0.15) is 0 Å². The van der Waals surface area contributed by atoms with Gasteiger partial charge in [0, 0.05) is 24.5 Å². The molecule has 154 valence electrons. The number of carbonyl (C=O) groups excluding carboxylic acids is 1. The Hall–Kier alpha value is -3.88. The zero-order chi connectivity index (χ0) is 21.3. The highest BCUT2D eigenvalue weighted by Gasteiger charge is 2.26. The number of nitrogens with zero attached hydrogens (tertiary/aromatic N) is 4. The second-order valence-corrected chi connectivity index (χ2v) is 6.93. The number of aromatic nitrogens is 3. The summed E-state index contributed by atoms with van der Waals surface area (Å²) < 4.78 is 7.43. The van der Waals surface area contributed by atoms with Crippen molar-refractivity contribution in [3.8, 4) is 5.75 Å². The highest BCUT2D eigenvalue weighted by atomic mass is 16.5. The number of para-hydroxylation sites is 1. The fourth-order valence-corrected chi connectivity index (χ4v) is 3.38. The average molecular weight is 407 g/mol. The summed E-state index contributed by atoms with van der Waals surface area (Å²) in [6.07, 6.45) is 0. The Morgan fingerprint density at radius 3 is 2.50 bits per heavy atom. The molecule has 0 radical (unpaired) electrons. The molecule has 2 heterocycles. The normalized spacial score (nSPS) is 12.5. The van der Waals surface area contributed by atoms with Crippen molar-refractivity contribution >= 4 is 23.2 Å². The van der Waals surface area contributed by atoms with Gasteiger partial charge >= 0.3 is 11.1 Å². The van der Waals surface area contributed by atoms with Crippen molar-refractivity contribution < 1.29 is 9.53 Å². The fraction of sp³-hybridized carbons (Fsp3) is 0.238. The zero-order valence-corrected chi connectivity index (χ0v) is 16.7. The summed E-state index contributed by atoms with van der Waals surface area (Å²) in [5, 5.41) is 7.07. The quantitative estimate of drug-likeness (QED) is 0.644. The Kier molecular flexibility index (Phi) is 5.09. The molecule has 1 amide bonds. The first-order valence-electron chi connectivity index (χ1n) is 9.47. The first-order valence-corrected chi connectivity index (χ1v) is 9.47. The van der Waals surface area contributed by atoms with Crippen LogP contribution in [0.15, 0.2) is 58.1 Å². The molecule has 0 bridgehead atoms. The van der Waals surface area contributed by atoms with E-state index in [0.29, 0.717) is 30.5 Å². The van der Waals surface area contributed by atoms with Crippen molar-refractivity contribution in [2.24, 2.45) is 0 Å². The number of nitrogens with one attached hydrogen (secondary N) is 1. The number of rotatable bonds is 5. The van der Waals surface area contributed by atoms with E-state index in [4.69, 9.17) is 4.74 Å². The van der Waals surface area contributed by atoms with E-state index in [9.17, 15) is 14.4 Å². The smallest absolute Gasteiger partial charge is 0.333 e. The lowest BCUT2D eigenvalue weighted by Crippen LogP contribution is -2.44. The SMILES string of the molecule is COc1ccc(N2CCn3c2nn(CC(=O)Nc2ccccc2C)c(=O)c3=O)cc1. The van der Waals surface area contributed by atoms with Crippen LogP contribution in [0, 0.1) is 6.92 Å². The van der Waals surface area contributed by atoms with Gasteiger partial charge in [-0.05, 0) is 42.8 Å². The van der Waals surface area contributed by atoms with Gasteiger partial charge in [0.25, 0.3) is 0 Å². The maximum atomic E-state index is 12.6. The molecule has 9 nitrogen and oxygen atoms in total. The molecule has 4 rings (SSSR count). The molecule has 0 saturated heterocycles. The molecule has 0 unspecified atom stereocenters. The van der Waals surface area contributed by atoms with E-state index in [1.165, 1.54) is 4.57 Å². The molecule has 0 atom stereocenters. The van der Waals surface area contributed by atoms with Crippen molar-refractivity contribution in [3.63, 3.8) is 0 Å². The number of amides is 1. The van der Waals surface area contributed by atoms with E-state index >= 15 is 0 Å². The summed E-state index contributed by atoms with van der Waals surface area (Å²) in [5.74, 6) is 0.604. The summed E-state index contributed by atoms with van der Waals surface area (Å²) in [7, 11) is 1.59. The molecule has 1 aliphatic rings. The fourth-order valence-electron chi connectivity index (χ4n) is 3.38. The zero-order valence-electron chi connectivity index (χ0n) is 16.7. The number of hydrogen-bond donors (Lipinski definition) is 1. The van der Waals surface area contributed by atoms with Gasteiger partial charge in [-0.25, -0.2) is 4.68 Å². The largest absolute Gasteiger partial charge is 0.497 e. The van der Waals surface area contributed by atoms with Crippen molar-refractivity contribution in [2.75, 3.05) is 23.9 Å². The molecular weight excluding hydrogens is 386 g/mol. The lowest BCUT2D eigenvalue weighted by Gasteiger charge is -2.18. The number of fused-ring (bicyclic) bond motifs is 1. The molecule has 0 fully saturated rings. The van der Waals surface area contributed by atoms with Crippen LogP contribution in [0.2, 0.25) is 0 Å². The van der Waals surface area contributed by atoms with E-state index in [2.05, 4.69) is 10.4 Å². The summed E-state index contributed by atoms with van der Waals surface area (Å²) in [4.78, 5) is 39.3. The van der Waals surface area contributed by atoms with Gasteiger partial charge in [-0.15, -0.1) is 5.10 Å². The molecule has 30 heavy (non-hydrogen) atoms. The van der Waals surface area contributed by atoms with Crippen molar-refractivity contribution in [1.82, 2.24) is 14.3 Å². The molecule has 0 spiro atoms. The predicted molar refractivity (Wildman–Crippen MR) is 113 cm³/mol. The van der Waals surface area contributed by atoms with Crippen LogP contribution in [0.25, 0.3) is 0 Å². The first kappa shape index (κ1) is 19.4. The van der Waals surface area contributed by atoms with E-state index in [1.807, 2.05) is 54.3 Å². The van der Waals surface area contributed by atoms with Gasteiger partial charge in [-0.3, -0.25) is 19.0 Å². The highest BCUT2D eigenvalue weighted by molar-refractivity contribution is 5.91. The Morgan fingerprint density at radius 1 is 1.07 bits per heavy atom. The number of carbonyl (C=O) groups is 1. The molecule has 0 saturated carbocycles. The topological polar surface area (TPSA) is 98.5 Å². The average Bonchev–Trinajstić information content (AvgIpc) is 3.17. The molecule has 1 aliphatic heterocycles. The van der Waals surface area contributed by atoms with Gasteiger partial charge in [0.1, 0.15) is 12.3 Å². The minimum atomic E-state index is -0.824. The van der Waals surface area contributed by atoms with Gasteiger partial charge in [0.05, 0.1) is 7.11 Å². The van der Waals surface area contributed by atoms with Gasteiger partial charge < -0.3 is 15.0 Å². The third kappa shape index (κ3) is 3.57. The van der Waals surface area contributed by atoms with Gasteiger partial charge in [0.2, 0.25) is 11.9 Å². The third-order valence-electron chi connectivity index (χ3n) is 5.00. The molecule has 2 aromatic carbocycles. The number of anilines is 3. The Labute approximate surface area is 172 Å². The van der Waals surface area contributed by atoms with Crippen LogP contribution in [0.3, 0.4) is 0 Å². The first-order chi connectivity index (χ1) is 14.5. The summed E-state index contributed by atoms with van der Waals surface area (Å²) in [5.41, 5.74) is 0.831. The van der Waals surface area contributed by atoms with Crippen LogP contribution in [0.4, 0.5) is 17.3 Å². The number of methoxy groups -OCH3 is 1. The van der Waals surface area contributed by atoms with Crippen LogP contribution in [-0.2, 0) is 17.9 Å². The minimum absolute atomic E-state index is 0.327. The number of hydrogen-bond acceptors (Lipinski definition) is 6. The minimum Gasteiger partial charge on any atom is -0.497 e. The van der Waals surface area contributed by atoms with Gasteiger partial charge in [0.15, 0.2) is 0 Å². The molecule has 0 aliphatic carbocycles. The predicted octanol–water partition coefficient (Wildman–Crippen LogP) is 1.51. The number of ether oxygens (including phenoxy) is 1. The molecule has 1 N–H and O–H groups in total. The van der Waals surface area contributed by atoms with Crippen molar-refractivity contribution in [2.45, 2.75) is 20.0 Å². The lowest BCUT2D eigenvalue weighted by atomic mass is 10.2. The van der Waals surface area contributed by atoms with E-state index < -0.39 is 17.0 Å². The highest BCUT2D eigenvalue weighted by Crippen LogP contribution is 2.27. The maximum Gasteiger partial charge on any atom is 0.333 e. The molecule has 3 aromatic rings. The molecule has 9 heteroatoms.